The number of nitrogen functional groups attached to an aromatic ring is 1. The lowest BCUT2D eigenvalue weighted by molar-refractivity contribution is 0.413. The molecule has 2 N–H and O–H groups in total. The second-order valence-corrected chi connectivity index (χ2v) is 6.07. The van der Waals surface area contributed by atoms with Crippen LogP contribution in [0.15, 0.2) is 41.3 Å². The second-order valence-electron chi connectivity index (χ2n) is 4.65. The first-order valence-electron chi connectivity index (χ1n) is 6.36. The van der Waals surface area contributed by atoms with Crippen LogP contribution in [0.4, 0.5) is 5.69 Å². The molecule has 0 aliphatic carbocycles. The maximum Gasteiger partial charge on any atom is 0.120 e. The first kappa shape index (κ1) is 15.1. The number of benzene rings is 2. The van der Waals surface area contributed by atoms with Gasteiger partial charge in [-0.3, -0.25) is 4.21 Å². The molecule has 0 saturated heterocycles. The zero-order chi connectivity index (χ0) is 15.4. The van der Waals surface area contributed by atoms with E-state index in [2.05, 4.69) is 6.07 Å². The van der Waals surface area contributed by atoms with Gasteiger partial charge >= 0.3 is 0 Å². The van der Waals surface area contributed by atoms with Crippen LogP contribution in [-0.2, 0) is 16.6 Å². The highest BCUT2D eigenvalue weighted by molar-refractivity contribution is 7.84. The first-order valence-corrected chi connectivity index (χ1v) is 7.68. The Morgan fingerprint density at radius 1 is 1.29 bits per heavy atom. The van der Waals surface area contributed by atoms with Crippen LogP contribution in [0, 0.1) is 18.3 Å². The van der Waals surface area contributed by atoms with Crippen molar-refractivity contribution in [2.45, 2.75) is 17.6 Å². The molecule has 4 nitrogen and oxygen atoms in total. The monoisotopic (exact) mass is 300 g/mol. The van der Waals surface area contributed by atoms with Gasteiger partial charge in [0.2, 0.25) is 0 Å². The van der Waals surface area contributed by atoms with E-state index in [1.54, 1.807) is 37.4 Å². The van der Waals surface area contributed by atoms with Crippen LogP contribution in [0.3, 0.4) is 0 Å². The molecule has 0 aliphatic heterocycles. The van der Waals surface area contributed by atoms with E-state index >= 15 is 0 Å². The molecule has 1 unspecified atom stereocenters. The Balaban J connectivity index is 2.28. The van der Waals surface area contributed by atoms with Crippen LogP contribution in [0.5, 0.6) is 5.75 Å². The first-order chi connectivity index (χ1) is 10.0. The molecular formula is C16H16N2O2S. The molecule has 108 valence electrons. The number of methoxy groups -OCH3 is 1. The number of hydrogen-bond acceptors (Lipinski definition) is 4. The van der Waals surface area contributed by atoms with Gasteiger partial charge in [0.05, 0.1) is 40.2 Å². The minimum atomic E-state index is -1.26. The number of ether oxygens (including phenoxy) is 1. The molecule has 0 radical (unpaired) electrons. The lowest BCUT2D eigenvalue weighted by atomic mass is 10.1. The van der Waals surface area contributed by atoms with E-state index in [0.29, 0.717) is 27.6 Å². The summed E-state index contributed by atoms with van der Waals surface area (Å²) in [6, 6.07) is 12.6. The Hall–Kier alpha value is -2.32. The predicted molar refractivity (Wildman–Crippen MR) is 83.4 cm³/mol. The molecule has 2 aromatic carbocycles. The van der Waals surface area contributed by atoms with Gasteiger partial charge in [-0.1, -0.05) is 6.07 Å². The molecule has 1 atom stereocenters. The third-order valence-corrected chi connectivity index (χ3v) is 4.64. The summed E-state index contributed by atoms with van der Waals surface area (Å²) >= 11 is 0. The molecule has 21 heavy (non-hydrogen) atoms. The molecular weight excluding hydrogens is 284 g/mol. The number of nitrogens with two attached hydrogens (primary N) is 1. The molecule has 5 heteroatoms. The van der Waals surface area contributed by atoms with Crippen molar-refractivity contribution in [3.63, 3.8) is 0 Å². The van der Waals surface area contributed by atoms with Gasteiger partial charge in [-0.25, -0.2) is 0 Å². The van der Waals surface area contributed by atoms with Gasteiger partial charge in [0.15, 0.2) is 0 Å². The molecule has 0 amide bonds. The highest BCUT2D eigenvalue weighted by Gasteiger charge is 2.12. The minimum Gasteiger partial charge on any atom is -0.497 e. The smallest absolute Gasteiger partial charge is 0.120 e. The van der Waals surface area contributed by atoms with E-state index in [9.17, 15) is 4.21 Å². The number of anilines is 1. The molecule has 0 aliphatic rings. The summed E-state index contributed by atoms with van der Waals surface area (Å²) in [5, 5.41) is 8.87. The molecule has 0 aromatic heterocycles. The van der Waals surface area contributed by atoms with Crippen LogP contribution >= 0.6 is 0 Å². The number of nitriles is 1. The summed E-state index contributed by atoms with van der Waals surface area (Å²) < 4.78 is 17.7. The Morgan fingerprint density at radius 3 is 2.67 bits per heavy atom. The van der Waals surface area contributed by atoms with Gasteiger partial charge in [0, 0.05) is 5.69 Å². The molecule has 2 rings (SSSR count). The van der Waals surface area contributed by atoms with Crippen LogP contribution in [-0.4, -0.2) is 11.3 Å². The number of nitrogens with zero attached hydrogens (tertiary/aromatic N) is 1. The Labute approximate surface area is 126 Å². The average molecular weight is 300 g/mol. The van der Waals surface area contributed by atoms with E-state index in [-0.39, 0.29) is 0 Å². The number of rotatable bonds is 4. The fourth-order valence-corrected chi connectivity index (χ4v) is 3.33. The largest absolute Gasteiger partial charge is 0.497 e. The topological polar surface area (TPSA) is 76.1 Å². The van der Waals surface area contributed by atoms with E-state index in [1.807, 2.05) is 13.0 Å². The standard InChI is InChI=1S/C16H16N2O2S/c1-11-7-12(9-17)3-4-13(11)10-21(19)16-8-14(20-2)5-6-15(16)18/h3-8H,10,18H2,1-2H3. The van der Waals surface area contributed by atoms with E-state index < -0.39 is 10.8 Å². The highest BCUT2D eigenvalue weighted by Crippen LogP contribution is 2.25. The van der Waals surface area contributed by atoms with E-state index in [4.69, 9.17) is 15.7 Å². The second kappa shape index (κ2) is 6.42. The molecule has 0 spiro atoms. The summed E-state index contributed by atoms with van der Waals surface area (Å²) in [5.74, 6) is 0.985. The normalized spacial score (nSPS) is 11.7. The SMILES string of the molecule is COc1ccc(N)c(S(=O)Cc2ccc(C#N)cc2C)c1. The molecule has 0 saturated carbocycles. The summed E-state index contributed by atoms with van der Waals surface area (Å²) in [4.78, 5) is 0.568. The van der Waals surface area contributed by atoms with E-state index in [1.165, 1.54) is 0 Å². The van der Waals surface area contributed by atoms with Gasteiger partial charge < -0.3 is 10.5 Å². The zero-order valence-corrected chi connectivity index (χ0v) is 12.7. The summed E-state index contributed by atoms with van der Waals surface area (Å²) in [5.41, 5.74) is 8.86. The molecule has 0 bridgehead atoms. The Kier molecular flexibility index (Phi) is 4.61. The number of aryl methyl sites for hydroxylation is 1. The van der Waals surface area contributed by atoms with Crippen LogP contribution < -0.4 is 10.5 Å². The third kappa shape index (κ3) is 3.41. The third-order valence-electron chi connectivity index (χ3n) is 3.22. The quantitative estimate of drug-likeness (QED) is 0.881. The zero-order valence-electron chi connectivity index (χ0n) is 11.9. The van der Waals surface area contributed by atoms with Crippen molar-refractivity contribution >= 4 is 16.5 Å². The van der Waals surface area contributed by atoms with Crippen molar-refractivity contribution in [3.8, 4) is 11.8 Å². The average Bonchev–Trinajstić information content (AvgIpc) is 2.49. The lowest BCUT2D eigenvalue weighted by Gasteiger charge is -2.10. The summed E-state index contributed by atoms with van der Waals surface area (Å²) in [6.07, 6.45) is 0. The molecule has 0 heterocycles. The van der Waals surface area contributed by atoms with Gasteiger partial charge in [-0.05, 0) is 48.4 Å². The maximum absolute atomic E-state index is 12.5. The summed E-state index contributed by atoms with van der Waals surface area (Å²) in [6.45, 7) is 1.91. The van der Waals surface area contributed by atoms with Crippen LogP contribution in [0.1, 0.15) is 16.7 Å². The fraction of sp³-hybridized carbons (Fsp3) is 0.188. The highest BCUT2D eigenvalue weighted by atomic mass is 32.2. The maximum atomic E-state index is 12.5. The Bertz CT molecular complexity index is 736. The van der Waals surface area contributed by atoms with Crippen molar-refractivity contribution < 1.29 is 8.95 Å². The van der Waals surface area contributed by atoms with Crippen molar-refractivity contribution in [3.05, 3.63) is 53.1 Å². The predicted octanol–water partition coefficient (Wildman–Crippen LogP) is 2.77. The fourth-order valence-electron chi connectivity index (χ4n) is 1.99. The molecule has 2 aromatic rings. The Morgan fingerprint density at radius 2 is 2.05 bits per heavy atom. The van der Waals surface area contributed by atoms with Gasteiger partial charge in [-0.2, -0.15) is 5.26 Å². The van der Waals surface area contributed by atoms with Gasteiger partial charge in [-0.15, -0.1) is 0 Å². The van der Waals surface area contributed by atoms with Crippen LogP contribution in [0.2, 0.25) is 0 Å². The lowest BCUT2D eigenvalue weighted by Crippen LogP contribution is -2.03. The van der Waals surface area contributed by atoms with Gasteiger partial charge in [0.1, 0.15) is 5.75 Å². The number of hydrogen-bond donors (Lipinski definition) is 1. The minimum absolute atomic E-state index is 0.356. The van der Waals surface area contributed by atoms with Crippen molar-refractivity contribution in [2.75, 3.05) is 12.8 Å². The van der Waals surface area contributed by atoms with Crippen molar-refractivity contribution in [1.82, 2.24) is 0 Å². The van der Waals surface area contributed by atoms with Gasteiger partial charge in [0.25, 0.3) is 0 Å². The van der Waals surface area contributed by atoms with Crippen molar-refractivity contribution in [2.24, 2.45) is 0 Å². The van der Waals surface area contributed by atoms with Crippen molar-refractivity contribution in [1.29, 1.82) is 5.26 Å². The molecule has 0 fully saturated rings. The van der Waals surface area contributed by atoms with E-state index in [0.717, 1.165) is 11.1 Å². The van der Waals surface area contributed by atoms with Crippen LogP contribution in [0.25, 0.3) is 0 Å². The summed E-state index contributed by atoms with van der Waals surface area (Å²) in [7, 11) is 0.294.